The number of nitrogens with one attached hydrogen (secondary N) is 1. The van der Waals surface area contributed by atoms with E-state index in [1.54, 1.807) is 67.6 Å². The van der Waals surface area contributed by atoms with Crippen molar-refractivity contribution in [3.05, 3.63) is 94.0 Å². The van der Waals surface area contributed by atoms with Gasteiger partial charge in [-0.2, -0.15) is 0 Å². The zero-order valence-corrected chi connectivity index (χ0v) is 26.3. The third-order valence-corrected chi connectivity index (χ3v) is 10.2. The van der Waals surface area contributed by atoms with Crippen LogP contribution in [-0.2, 0) is 26.2 Å². The number of carbonyl (C=O) groups is 2. The van der Waals surface area contributed by atoms with E-state index in [0.29, 0.717) is 27.7 Å². The number of hydrogen-bond acceptors (Lipinski definition) is 4. The second kappa shape index (κ2) is 14.4. The zero-order valence-electron chi connectivity index (χ0n) is 23.9. The third-order valence-electron chi connectivity index (χ3n) is 7.72. The molecule has 1 N–H and O–H groups in total. The van der Waals surface area contributed by atoms with Gasteiger partial charge >= 0.3 is 0 Å². The van der Waals surface area contributed by atoms with E-state index in [0.717, 1.165) is 42.0 Å². The predicted molar refractivity (Wildman–Crippen MR) is 168 cm³/mol. The monoisotopic (exact) mass is 629 g/mol. The molecule has 1 unspecified atom stereocenters. The molecule has 0 radical (unpaired) electrons. The summed E-state index contributed by atoms with van der Waals surface area (Å²) in [5.41, 5.74) is 1.59. The summed E-state index contributed by atoms with van der Waals surface area (Å²) in [6.45, 7) is 3.17. The molecule has 0 aliphatic heterocycles. The van der Waals surface area contributed by atoms with Crippen molar-refractivity contribution in [3.63, 3.8) is 0 Å². The highest BCUT2D eigenvalue weighted by molar-refractivity contribution is 7.92. The van der Waals surface area contributed by atoms with Crippen LogP contribution in [0.1, 0.15) is 56.6 Å². The first-order valence-corrected chi connectivity index (χ1v) is 16.5. The van der Waals surface area contributed by atoms with Crippen LogP contribution in [0.4, 0.5) is 5.69 Å². The molecule has 0 saturated heterocycles. The molecule has 42 heavy (non-hydrogen) atoms. The average Bonchev–Trinajstić information content (AvgIpc) is 2.99. The van der Waals surface area contributed by atoms with Gasteiger partial charge in [0.15, 0.2) is 0 Å². The summed E-state index contributed by atoms with van der Waals surface area (Å²) in [7, 11) is -4.17. The quantitative estimate of drug-likeness (QED) is 0.254. The van der Waals surface area contributed by atoms with Crippen LogP contribution in [0.25, 0.3) is 0 Å². The fraction of sp³-hybridized carbons (Fsp3) is 0.375. The van der Waals surface area contributed by atoms with Crippen LogP contribution in [0.3, 0.4) is 0 Å². The standard InChI is InChI=1S/C32H37Cl2N3O4S/c1-3-29(32(39)35-26-11-6-4-7-12-26)36(21-24-17-19-25(33)20-18-24)31(38)22-37(30-16-10-15-28(34)23(30)2)42(40,41)27-13-8-5-9-14-27/h5,8-10,13-20,26,29H,3-4,6-7,11-12,21-22H2,1-2H3,(H,35,39). The highest BCUT2D eigenvalue weighted by atomic mass is 35.5. The molecule has 1 aliphatic carbocycles. The molecule has 4 rings (SSSR count). The van der Waals surface area contributed by atoms with Gasteiger partial charge in [-0.05, 0) is 73.7 Å². The predicted octanol–water partition coefficient (Wildman–Crippen LogP) is 6.75. The van der Waals surface area contributed by atoms with Gasteiger partial charge in [-0.15, -0.1) is 0 Å². The Hall–Kier alpha value is -3.07. The average molecular weight is 631 g/mol. The lowest BCUT2D eigenvalue weighted by atomic mass is 9.95. The minimum Gasteiger partial charge on any atom is -0.352 e. The van der Waals surface area contributed by atoms with Gasteiger partial charge in [-0.25, -0.2) is 8.42 Å². The molecule has 1 fully saturated rings. The lowest BCUT2D eigenvalue weighted by Gasteiger charge is -2.34. The van der Waals surface area contributed by atoms with Crippen molar-refractivity contribution in [1.82, 2.24) is 10.2 Å². The topological polar surface area (TPSA) is 86.8 Å². The molecule has 3 aromatic carbocycles. The first-order valence-electron chi connectivity index (χ1n) is 14.3. The third kappa shape index (κ3) is 7.65. The second-order valence-electron chi connectivity index (χ2n) is 10.6. The molecule has 1 aliphatic rings. The molecule has 0 bridgehead atoms. The first-order chi connectivity index (χ1) is 20.1. The normalized spacial score (nSPS) is 14.7. The molecule has 1 atom stereocenters. The number of benzene rings is 3. The Morgan fingerprint density at radius 2 is 1.60 bits per heavy atom. The van der Waals surface area contributed by atoms with Gasteiger partial charge in [0.1, 0.15) is 12.6 Å². The van der Waals surface area contributed by atoms with Gasteiger partial charge in [0.2, 0.25) is 11.8 Å². The number of rotatable bonds is 11. The van der Waals surface area contributed by atoms with Gasteiger partial charge in [0.05, 0.1) is 10.6 Å². The Bertz CT molecular complexity index is 1480. The number of amides is 2. The van der Waals surface area contributed by atoms with Crippen molar-refractivity contribution in [1.29, 1.82) is 0 Å². The number of nitrogens with zero attached hydrogens (tertiary/aromatic N) is 2. The minimum absolute atomic E-state index is 0.0449. The maximum atomic E-state index is 14.3. The molecule has 0 heterocycles. The van der Waals surface area contributed by atoms with E-state index in [1.807, 2.05) is 6.92 Å². The van der Waals surface area contributed by atoms with Crippen LogP contribution in [0.5, 0.6) is 0 Å². The smallest absolute Gasteiger partial charge is 0.264 e. The first kappa shape index (κ1) is 31.9. The number of carbonyl (C=O) groups excluding carboxylic acids is 2. The highest BCUT2D eigenvalue weighted by Gasteiger charge is 2.35. The Balaban J connectivity index is 1.72. The van der Waals surface area contributed by atoms with E-state index in [4.69, 9.17) is 23.2 Å². The number of anilines is 1. The van der Waals surface area contributed by atoms with E-state index in [1.165, 1.54) is 17.0 Å². The van der Waals surface area contributed by atoms with Gasteiger partial charge in [-0.1, -0.05) is 85.8 Å². The fourth-order valence-corrected chi connectivity index (χ4v) is 7.14. The Morgan fingerprint density at radius 3 is 2.24 bits per heavy atom. The maximum Gasteiger partial charge on any atom is 0.264 e. The number of hydrogen-bond donors (Lipinski definition) is 1. The Kier molecular flexibility index (Phi) is 10.9. The van der Waals surface area contributed by atoms with Crippen molar-refractivity contribution in [2.24, 2.45) is 0 Å². The SMILES string of the molecule is CCC(C(=O)NC1CCCCC1)N(Cc1ccc(Cl)cc1)C(=O)CN(c1cccc(Cl)c1C)S(=O)(=O)c1ccccc1. The van der Waals surface area contributed by atoms with E-state index in [-0.39, 0.29) is 23.4 Å². The van der Waals surface area contributed by atoms with Gasteiger partial charge in [-0.3, -0.25) is 13.9 Å². The molecule has 224 valence electrons. The molecule has 10 heteroatoms. The van der Waals surface area contributed by atoms with E-state index < -0.39 is 28.5 Å². The lowest BCUT2D eigenvalue weighted by Crippen LogP contribution is -2.54. The molecular formula is C32H37Cl2N3O4S. The summed E-state index contributed by atoms with van der Waals surface area (Å²) >= 11 is 12.5. The number of halogens is 2. The van der Waals surface area contributed by atoms with Crippen molar-refractivity contribution < 1.29 is 18.0 Å². The zero-order chi connectivity index (χ0) is 30.3. The maximum absolute atomic E-state index is 14.3. The summed E-state index contributed by atoms with van der Waals surface area (Å²) in [6.07, 6.45) is 5.44. The van der Waals surface area contributed by atoms with Gasteiger partial charge in [0, 0.05) is 22.6 Å². The minimum atomic E-state index is -4.17. The van der Waals surface area contributed by atoms with Crippen LogP contribution in [0.2, 0.25) is 10.0 Å². The van der Waals surface area contributed by atoms with Crippen LogP contribution in [0, 0.1) is 6.92 Å². The van der Waals surface area contributed by atoms with Crippen molar-refractivity contribution in [2.45, 2.75) is 75.9 Å². The second-order valence-corrected chi connectivity index (χ2v) is 13.3. The number of sulfonamides is 1. The summed E-state index contributed by atoms with van der Waals surface area (Å²) in [5.74, 6) is -0.738. The van der Waals surface area contributed by atoms with Gasteiger partial charge < -0.3 is 10.2 Å². The van der Waals surface area contributed by atoms with Crippen LogP contribution in [0.15, 0.2) is 77.7 Å². The summed E-state index contributed by atoms with van der Waals surface area (Å²) < 4.78 is 29.1. The van der Waals surface area contributed by atoms with Crippen LogP contribution in [-0.4, -0.2) is 43.8 Å². The van der Waals surface area contributed by atoms with Crippen LogP contribution < -0.4 is 9.62 Å². The van der Waals surface area contributed by atoms with Crippen LogP contribution >= 0.6 is 23.2 Å². The Labute approximate surface area is 258 Å². The Morgan fingerprint density at radius 1 is 0.929 bits per heavy atom. The molecule has 1 saturated carbocycles. The van der Waals surface area contributed by atoms with Gasteiger partial charge in [0.25, 0.3) is 10.0 Å². The molecule has 0 aromatic heterocycles. The molecule has 0 spiro atoms. The highest BCUT2D eigenvalue weighted by Crippen LogP contribution is 2.31. The largest absolute Gasteiger partial charge is 0.352 e. The van der Waals surface area contributed by atoms with E-state index in [2.05, 4.69) is 5.32 Å². The van der Waals surface area contributed by atoms with Crippen molar-refractivity contribution in [3.8, 4) is 0 Å². The van der Waals surface area contributed by atoms with Crippen molar-refractivity contribution >= 4 is 50.7 Å². The lowest BCUT2D eigenvalue weighted by molar-refractivity contribution is -0.140. The summed E-state index contributed by atoms with van der Waals surface area (Å²) in [5, 5.41) is 4.08. The summed E-state index contributed by atoms with van der Waals surface area (Å²) in [4.78, 5) is 29.4. The summed E-state index contributed by atoms with van der Waals surface area (Å²) in [6, 6.07) is 19.3. The fourth-order valence-electron chi connectivity index (χ4n) is 5.35. The molecule has 2 amide bonds. The molecule has 7 nitrogen and oxygen atoms in total. The molecule has 3 aromatic rings. The van der Waals surface area contributed by atoms with Crippen molar-refractivity contribution in [2.75, 3.05) is 10.8 Å². The molecular weight excluding hydrogens is 593 g/mol. The van der Waals surface area contributed by atoms with E-state index >= 15 is 0 Å². The van der Waals surface area contributed by atoms with E-state index in [9.17, 15) is 18.0 Å².